The monoisotopic (exact) mass is 263 g/mol. The second kappa shape index (κ2) is 6.89. The number of nitrogens with two attached hydrogens (primary N) is 1. The number of carbonyl (C=O) groups excluding carboxylic acids is 2. The molecular formula is C14H21N3O2. The highest BCUT2D eigenvalue weighted by molar-refractivity contribution is 5.98. The molecule has 0 fully saturated rings. The van der Waals surface area contributed by atoms with Crippen LogP contribution in [0.15, 0.2) is 24.3 Å². The zero-order valence-electron chi connectivity index (χ0n) is 11.6. The number of anilines is 1. The van der Waals surface area contributed by atoms with Gasteiger partial charge in [0.25, 0.3) is 5.91 Å². The Balaban J connectivity index is 2.77. The summed E-state index contributed by atoms with van der Waals surface area (Å²) in [5.74, 6) is -0.328. The van der Waals surface area contributed by atoms with Gasteiger partial charge in [-0.25, -0.2) is 0 Å². The van der Waals surface area contributed by atoms with Crippen LogP contribution in [-0.2, 0) is 4.79 Å². The molecule has 0 unspecified atom stereocenters. The van der Waals surface area contributed by atoms with Gasteiger partial charge in [0.05, 0.1) is 6.04 Å². The van der Waals surface area contributed by atoms with Crippen LogP contribution < -0.4 is 11.1 Å². The number of carbonyl (C=O) groups is 2. The lowest BCUT2D eigenvalue weighted by atomic mass is 10.1. The van der Waals surface area contributed by atoms with E-state index in [1.54, 1.807) is 38.4 Å². The molecule has 3 N–H and O–H groups in total. The van der Waals surface area contributed by atoms with E-state index in [4.69, 9.17) is 5.73 Å². The summed E-state index contributed by atoms with van der Waals surface area (Å²) in [7, 11) is 3.37. The van der Waals surface area contributed by atoms with Gasteiger partial charge in [-0.1, -0.05) is 19.4 Å². The normalized spacial score (nSPS) is 11.8. The fourth-order valence-electron chi connectivity index (χ4n) is 1.67. The Morgan fingerprint density at radius 3 is 2.63 bits per heavy atom. The van der Waals surface area contributed by atoms with Crippen LogP contribution in [0, 0.1) is 0 Å². The number of rotatable bonds is 5. The Labute approximate surface area is 113 Å². The average molecular weight is 263 g/mol. The summed E-state index contributed by atoms with van der Waals surface area (Å²) in [4.78, 5) is 25.1. The number of hydrogen-bond acceptors (Lipinski definition) is 3. The maximum absolute atomic E-state index is 11.8. The molecule has 2 amide bonds. The highest BCUT2D eigenvalue weighted by atomic mass is 16.2. The Bertz CT molecular complexity index is 458. The van der Waals surface area contributed by atoms with E-state index in [1.165, 1.54) is 4.90 Å². The van der Waals surface area contributed by atoms with Gasteiger partial charge in [-0.3, -0.25) is 9.59 Å². The van der Waals surface area contributed by atoms with Crippen LogP contribution in [-0.4, -0.2) is 36.9 Å². The molecule has 0 bridgehead atoms. The summed E-state index contributed by atoms with van der Waals surface area (Å²) >= 11 is 0. The van der Waals surface area contributed by atoms with Crippen molar-refractivity contribution in [1.29, 1.82) is 0 Å². The molecule has 1 atom stereocenters. The van der Waals surface area contributed by atoms with Crippen molar-refractivity contribution >= 4 is 17.5 Å². The van der Waals surface area contributed by atoms with Gasteiger partial charge in [-0.2, -0.15) is 0 Å². The average Bonchev–Trinajstić information content (AvgIpc) is 2.38. The maximum Gasteiger partial charge on any atom is 0.253 e. The third-order valence-electron chi connectivity index (χ3n) is 2.72. The minimum atomic E-state index is -0.516. The second-order valence-electron chi connectivity index (χ2n) is 4.66. The number of hydrogen-bond donors (Lipinski definition) is 2. The number of amides is 2. The summed E-state index contributed by atoms with van der Waals surface area (Å²) < 4.78 is 0. The molecule has 1 rings (SSSR count). The molecule has 0 saturated carbocycles. The van der Waals surface area contributed by atoms with Crippen molar-refractivity contribution in [3.63, 3.8) is 0 Å². The van der Waals surface area contributed by atoms with Gasteiger partial charge < -0.3 is 16.0 Å². The van der Waals surface area contributed by atoms with E-state index >= 15 is 0 Å². The van der Waals surface area contributed by atoms with Gasteiger partial charge in [0, 0.05) is 25.3 Å². The Morgan fingerprint density at radius 1 is 1.37 bits per heavy atom. The molecule has 0 saturated heterocycles. The summed E-state index contributed by atoms with van der Waals surface area (Å²) in [6.45, 7) is 1.98. The number of nitrogens with zero attached hydrogens (tertiary/aromatic N) is 1. The minimum absolute atomic E-state index is 0.103. The van der Waals surface area contributed by atoms with Crippen molar-refractivity contribution in [2.45, 2.75) is 25.8 Å². The molecule has 19 heavy (non-hydrogen) atoms. The Morgan fingerprint density at radius 2 is 2.05 bits per heavy atom. The standard InChI is InChI=1S/C14H21N3O2/c1-4-6-12(15)13(18)16-11-8-5-7-10(9-11)14(19)17(2)3/h5,7-9,12H,4,6,15H2,1-3H3,(H,16,18)/t12-/m0/s1. The Kier molecular flexibility index (Phi) is 5.51. The quantitative estimate of drug-likeness (QED) is 0.844. The smallest absolute Gasteiger partial charge is 0.253 e. The zero-order chi connectivity index (χ0) is 14.4. The van der Waals surface area contributed by atoms with E-state index in [2.05, 4.69) is 5.32 Å². The minimum Gasteiger partial charge on any atom is -0.345 e. The fraction of sp³-hybridized carbons (Fsp3) is 0.429. The largest absolute Gasteiger partial charge is 0.345 e. The van der Waals surface area contributed by atoms with Crippen molar-refractivity contribution in [3.05, 3.63) is 29.8 Å². The van der Waals surface area contributed by atoms with Crippen molar-refractivity contribution in [3.8, 4) is 0 Å². The molecule has 0 spiro atoms. The predicted molar refractivity (Wildman–Crippen MR) is 76.0 cm³/mol. The van der Waals surface area contributed by atoms with Crippen LogP contribution in [0.25, 0.3) is 0 Å². The maximum atomic E-state index is 11.8. The first-order valence-electron chi connectivity index (χ1n) is 6.34. The molecule has 0 aliphatic carbocycles. The molecule has 0 aromatic heterocycles. The van der Waals surface area contributed by atoms with Crippen LogP contribution >= 0.6 is 0 Å². The first kappa shape index (κ1) is 15.2. The van der Waals surface area contributed by atoms with Gasteiger partial charge in [-0.05, 0) is 24.6 Å². The third-order valence-corrected chi connectivity index (χ3v) is 2.72. The highest BCUT2D eigenvalue weighted by Crippen LogP contribution is 2.12. The first-order valence-corrected chi connectivity index (χ1v) is 6.34. The summed E-state index contributed by atoms with van der Waals surface area (Å²) in [6.07, 6.45) is 1.50. The first-order chi connectivity index (χ1) is 8.95. The van der Waals surface area contributed by atoms with E-state index < -0.39 is 6.04 Å². The van der Waals surface area contributed by atoms with Gasteiger partial charge in [0.1, 0.15) is 0 Å². The van der Waals surface area contributed by atoms with Crippen molar-refractivity contribution in [2.24, 2.45) is 5.73 Å². The van der Waals surface area contributed by atoms with Crippen LogP contribution in [0.5, 0.6) is 0 Å². The summed E-state index contributed by atoms with van der Waals surface area (Å²) in [6, 6.07) is 6.32. The molecule has 0 aliphatic heterocycles. The molecular weight excluding hydrogens is 242 g/mol. The molecule has 0 aliphatic rings. The van der Waals surface area contributed by atoms with Crippen molar-refractivity contribution in [2.75, 3.05) is 19.4 Å². The second-order valence-corrected chi connectivity index (χ2v) is 4.66. The molecule has 0 radical (unpaired) electrons. The topological polar surface area (TPSA) is 75.4 Å². The number of benzene rings is 1. The molecule has 1 aromatic rings. The van der Waals surface area contributed by atoms with Gasteiger partial charge in [0.15, 0.2) is 0 Å². The number of nitrogens with one attached hydrogen (secondary N) is 1. The lowest BCUT2D eigenvalue weighted by Crippen LogP contribution is -2.35. The lowest BCUT2D eigenvalue weighted by Gasteiger charge is -2.13. The van der Waals surface area contributed by atoms with Gasteiger partial charge in [0.2, 0.25) is 5.91 Å². The van der Waals surface area contributed by atoms with Gasteiger partial charge in [-0.15, -0.1) is 0 Å². The van der Waals surface area contributed by atoms with E-state index in [-0.39, 0.29) is 11.8 Å². The van der Waals surface area contributed by atoms with Gasteiger partial charge >= 0.3 is 0 Å². The van der Waals surface area contributed by atoms with Crippen molar-refractivity contribution < 1.29 is 9.59 Å². The molecule has 104 valence electrons. The van der Waals surface area contributed by atoms with Crippen LogP contribution in [0.4, 0.5) is 5.69 Å². The zero-order valence-corrected chi connectivity index (χ0v) is 11.6. The van der Waals surface area contributed by atoms with E-state index in [0.717, 1.165) is 6.42 Å². The lowest BCUT2D eigenvalue weighted by molar-refractivity contribution is -0.117. The summed E-state index contributed by atoms with van der Waals surface area (Å²) in [5.41, 5.74) is 6.86. The van der Waals surface area contributed by atoms with E-state index in [0.29, 0.717) is 17.7 Å². The Hall–Kier alpha value is -1.88. The van der Waals surface area contributed by atoms with Crippen LogP contribution in [0.1, 0.15) is 30.1 Å². The van der Waals surface area contributed by atoms with Crippen molar-refractivity contribution in [1.82, 2.24) is 4.90 Å². The summed E-state index contributed by atoms with van der Waals surface area (Å²) in [5, 5.41) is 2.73. The molecule has 5 nitrogen and oxygen atoms in total. The SMILES string of the molecule is CCC[C@H](N)C(=O)Nc1cccc(C(=O)N(C)C)c1. The van der Waals surface area contributed by atoms with E-state index in [9.17, 15) is 9.59 Å². The predicted octanol–water partition coefficient (Wildman–Crippen LogP) is 1.45. The van der Waals surface area contributed by atoms with Crippen LogP contribution in [0.2, 0.25) is 0 Å². The fourth-order valence-corrected chi connectivity index (χ4v) is 1.67. The molecule has 1 aromatic carbocycles. The third kappa shape index (κ3) is 4.37. The van der Waals surface area contributed by atoms with E-state index in [1.807, 2.05) is 6.92 Å². The molecule has 0 heterocycles. The highest BCUT2D eigenvalue weighted by Gasteiger charge is 2.13. The molecule has 5 heteroatoms. The van der Waals surface area contributed by atoms with Crippen LogP contribution in [0.3, 0.4) is 0 Å².